The lowest BCUT2D eigenvalue weighted by Gasteiger charge is -2.01. The largest absolute Gasteiger partial charge is 0.373 e. The Labute approximate surface area is 71.5 Å². The molecule has 1 aliphatic heterocycles. The molecular weight excluding hydrogens is 158 g/mol. The summed E-state index contributed by atoms with van der Waals surface area (Å²) in [5.74, 6) is -0.308. The number of amides is 1. The molecule has 68 valence electrons. The van der Waals surface area contributed by atoms with Gasteiger partial charge in [0.25, 0.3) is 5.91 Å². The number of hydroxylamine groups is 1. The molecule has 1 atom stereocenters. The van der Waals surface area contributed by atoms with Crippen molar-refractivity contribution in [3.8, 4) is 0 Å². The smallest absolute Gasteiger partial charge is 0.266 e. The molecule has 1 unspecified atom stereocenters. The Kier molecular flexibility index (Phi) is 3.76. The second kappa shape index (κ2) is 4.90. The van der Waals surface area contributed by atoms with E-state index in [1.54, 1.807) is 0 Å². The lowest BCUT2D eigenvalue weighted by atomic mass is 10.3. The van der Waals surface area contributed by atoms with E-state index in [0.29, 0.717) is 12.7 Å². The number of epoxide rings is 1. The van der Waals surface area contributed by atoms with Crippen LogP contribution in [-0.2, 0) is 14.4 Å². The number of rotatable bonds is 6. The molecule has 0 aromatic carbocycles. The van der Waals surface area contributed by atoms with Crippen LogP contribution in [0, 0.1) is 0 Å². The zero-order chi connectivity index (χ0) is 8.81. The lowest BCUT2D eigenvalue weighted by Crippen LogP contribution is -2.21. The van der Waals surface area contributed by atoms with Crippen LogP contribution in [0.1, 0.15) is 12.8 Å². The van der Waals surface area contributed by atoms with Crippen molar-refractivity contribution in [1.82, 2.24) is 5.48 Å². The van der Waals surface area contributed by atoms with E-state index in [0.717, 1.165) is 19.4 Å². The average Bonchev–Trinajstić information content (AvgIpc) is 2.87. The zero-order valence-electron chi connectivity index (χ0n) is 6.91. The molecule has 0 spiro atoms. The molecule has 1 N–H and O–H groups in total. The highest BCUT2D eigenvalue weighted by Crippen LogP contribution is 2.14. The average molecular weight is 171 g/mol. The van der Waals surface area contributed by atoms with Gasteiger partial charge in [0.15, 0.2) is 0 Å². The van der Waals surface area contributed by atoms with E-state index in [1.807, 2.05) is 0 Å². The molecule has 1 saturated heterocycles. The van der Waals surface area contributed by atoms with E-state index in [4.69, 9.17) is 9.57 Å². The van der Waals surface area contributed by atoms with E-state index in [-0.39, 0.29) is 5.91 Å². The quantitative estimate of drug-likeness (QED) is 0.272. The van der Waals surface area contributed by atoms with Gasteiger partial charge in [0.05, 0.1) is 19.3 Å². The number of carbonyl (C=O) groups excluding carboxylic acids is 1. The van der Waals surface area contributed by atoms with Gasteiger partial charge in [-0.2, -0.15) is 0 Å². The Morgan fingerprint density at radius 1 is 1.83 bits per heavy atom. The minimum atomic E-state index is -0.308. The highest BCUT2D eigenvalue weighted by atomic mass is 16.6. The molecule has 0 aliphatic carbocycles. The van der Waals surface area contributed by atoms with Gasteiger partial charge in [0, 0.05) is 0 Å². The van der Waals surface area contributed by atoms with Crippen LogP contribution < -0.4 is 5.48 Å². The fraction of sp³-hybridized carbons (Fsp3) is 0.625. The van der Waals surface area contributed by atoms with Gasteiger partial charge >= 0.3 is 0 Å². The van der Waals surface area contributed by atoms with Crippen LogP contribution in [0.15, 0.2) is 12.7 Å². The van der Waals surface area contributed by atoms with Gasteiger partial charge < -0.3 is 4.74 Å². The third-order valence-corrected chi connectivity index (χ3v) is 1.53. The third kappa shape index (κ3) is 4.10. The Bertz CT molecular complexity index is 166. The first-order valence-electron chi connectivity index (χ1n) is 3.98. The molecule has 0 aromatic heterocycles. The monoisotopic (exact) mass is 171 g/mol. The minimum absolute atomic E-state index is 0.308. The lowest BCUT2D eigenvalue weighted by molar-refractivity contribution is -0.128. The van der Waals surface area contributed by atoms with Crippen molar-refractivity contribution in [3.05, 3.63) is 12.7 Å². The summed E-state index contributed by atoms with van der Waals surface area (Å²) in [5, 5.41) is 0. The van der Waals surface area contributed by atoms with Crippen LogP contribution in [0.3, 0.4) is 0 Å². The zero-order valence-corrected chi connectivity index (χ0v) is 6.91. The Hall–Kier alpha value is -0.870. The predicted molar refractivity (Wildman–Crippen MR) is 43.3 cm³/mol. The standard InChI is InChI=1S/C8H13NO3/c1-2-8(10)9-12-5-3-4-7-6-11-7/h2,7H,1,3-6H2,(H,9,10). The number of ether oxygens (including phenoxy) is 1. The summed E-state index contributed by atoms with van der Waals surface area (Å²) in [5.41, 5.74) is 2.23. The van der Waals surface area contributed by atoms with Crippen LogP contribution in [0.4, 0.5) is 0 Å². The summed E-state index contributed by atoms with van der Waals surface area (Å²) in [6, 6.07) is 0. The van der Waals surface area contributed by atoms with Gasteiger partial charge in [0.1, 0.15) is 0 Å². The molecule has 1 amide bonds. The topological polar surface area (TPSA) is 50.9 Å². The Balaban J connectivity index is 1.81. The molecule has 0 saturated carbocycles. The summed E-state index contributed by atoms with van der Waals surface area (Å²) in [7, 11) is 0. The molecule has 0 bridgehead atoms. The highest BCUT2D eigenvalue weighted by Gasteiger charge is 2.21. The summed E-state index contributed by atoms with van der Waals surface area (Å²) in [4.78, 5) is 15.4. The number of carbonyl (C=O) groups is 1. The summed E-state index contributed by atoms with van der Waals surface area (Å²) >= 11 is 0. The van der Waals surface area contributed by atoms with Gasteiger partial charge in [-0.25, -0.2) is 5.48 Å². The Morgan fingerprint density at radius 3 is 3.17 bits per heavy atom. The molecule has 0 aromatic rings. The molecule has 1 fully saturated rings. The van der Waals surface area contributed by atoms with Gasteiger partial charge in [-0.3, -0.25) is 9.63 Å². The highest BCUT2D eigenvalue weighted by molar-refractivity contribution is 5.85. The van der Waals surface area contributed by atoms with Gasteiger partial charge in [0.2, 0.25) is 0 Å². The predicted octanol–water partition coefficient (Wildman–Crippen LogP) is 0.399. The third-order valence-electron chi connectivity index (χ3n) is 1.53. The van der Waals surface area contributed by atoms with Crippen LogP contribution in [0.25, 0.3) is 0 Å². The van der Waals surface area contributed by atoms with Crippen molar-refractivity contribution in [2.75, 3.05) is 13.2 Å². The molecule has 4 heteroatoms. The van der Waals surface area contributed by atoms with Crippen LogP contribution in [0.2, 0.25) is 0 Å². The van der Waals surface area contributed by atoms with Crippen LogP contribution in [0.5, 0.6) is 0 Å². The fourth-order valence-corrected chi connectivity index (χ4v) is 0.782. The molecule has 0 radical (unpaired) electrons. The van der Waals surface area contributed by atoms with Crippen molar-refractivity contribution >= 4 is 5.91 Å². The molecule has 1 aliphatic rings. The molecule has 1 rings (SSSR count). The second-order valence-electron chi connectivity index (χ2n) is 2.62. The SMILES string of the molecule is C=CC(=O)NOCCCC1CO1. The van der Waals surface area contributed by atoms with Crippen molar-refractivity contribution in [2.24, 2.45) is 0 Å². The van der Waals surface area contributed by atoms with Crippen LogP contribution in [-0.4, -0.2) is 25.2 Å². The number of hydrogen-bond donors (Lipinski definition) is 1. The van der Waals surface area contributed by atoms with Gasteiger partial charge in [-0.15, -0.1) is 0 Å². The summed E-state index contributed by atoms with van der Waals surface area (Å²) < 4.78 is 5.00. The van der Waals surface area contributed by atoms with Crippen molar-refractivity contribution in [2.45, 2.75) is 18.9 Å². The fourth-order valence-electron chi connectivity index (χ4n) is 0.782. The van der Waals surface area contributed by atoms with Crippen molar-refractivity contribution in [3.63, 3.8) is 0 Å². The number of hydrogen-bond acceptors (Lipinski definition) is 3. The first kappa shape index (κ1) is 9.22. The van der Waals surface area contributed by atoms with Crippen LogP contribution >= 0.6 is 0 Å². The molecule has 4 nitrogen and oxygen atoms in total. The summed E-state index contributed by atoms with van der Waals surface area (Å²) in [6.07, 6.45) is 3.51. The van der Waals surface area contributed by atoms with Gasteiger partial charge in [-0.1, -0.05) is 6.58 Å². The maximum Gasteiger partial charge on any atom is 0.266 e. The normalized spacial score (nSPS) is 20.2. The van der Waals surface area contributed by atoms with Crippen molar-refractivity contribution in [1.29, 1.82) is 0 Å². The van der Waals surface area contributed by atoms with Gasteiger partial charge in [-0.05, 0) is 18.9 Å². The molecule has 1 heterocycles. The molecular formula is C8H13NO3. The maximum absolute atomic E-state index is 10.5. The number of nitrogens with one attached hydrogen (secondary N) is 1. The maximum atomic E-state index is 10.5. The van der Waals surface area contributed by atoms with E-state index >= 15 is 0 Å². The van der Waals surface area contributed by atoms with E-state index in [1.165, 1.54) is 6.08 Å². The minimum Gasteiger partial charge on any atom is -0.373 e. The summed E-state index contributed by atoms with van der Waals surface area (Å²) in [6.45, 7) is 4.69. The molecule has 12 heavy (non-hydrogen) atoms. The Morgan fingerprint density at radius 2 is 2.58 bits per heavy atom. The van der Waals surface area contributed by atoms with E-state index < -0.39 is 0 Å². The van der Waals surface area contributed by atoms with E-state index in [2.05, 4.69) is 12.1 Å². The van der Waals surface area contributed by atoms with E-state index in [9.17, 15) is 4.79 Å². The first-order valence-corrected chi connectivity index (χ1v) is 3.98. The van der Waals surface area contributed by atoms with Crippen molar-refractivity contribution < 1.29 is 14.4 Å². The second-order valence-corrected chi connectivity index (χ2v) is 2.62. The first-order chi connectivity index (χ1) is 5.83.